The highest BCUT2D eigenvalue weighted by atomic mass is 19.1. The standard InChI is InChI=1S/C44H54F2N8O5/c1-6-34-35(46)12-10-29-18-33(55)23-53(39(29)34)32-19-36-40(58-25-32)41(48-26-44(14-8-9-15-44)51(5)38(56)7-2)50-42(49-36)59-27-43(4)20-30(45)22-54(43)31-11-13-37(47-21-31)52-16-17-57-24-28(52)3/h1,7,10-13,21,28,30,32-33,55H,2,8-9,14-20,22-27H2,3-5H3,(H,48,49,50)/t28-,30-,32+,33-,43+/m1/s1. The Labute approximate surface area is 344 Å². The van der Waals surface area contributed by atoms with E-state index < -0.39 is 29.2 Å². The highest BCUT2D eigenvalue weighted by molar-refractivity contribution is 5.87. The largest absolute Gasteiger partial charge is 0.486 e. The van der Waals surface area contributed by atoms with Crippen LogP contribution in [0.25, 0.3) is 0 Å². The fourth-order valence-corrected chi connectivity index (χ4v) is 9.72. The van der Waals surface area contributed by atoms with E-state index in [1.54, 1.807) is 24.2 Å². The summed E-state index contributed by atoms with van der Waals surface area (Å²) in [5, 5.41) is 14.4. The van der Waals surface area contributed by atoms with Gasteiger partial charge in [-0.2, -0.15) is 9.97 Å². The van der Waals surface area contributed by atoms with Gasteiger partial charge >= 0.3 is 6.01 Å². The Hall–Kier alpha value is -5.20. The van der Waals surface area contributed by atoms with Crippen LogP contribution in [0, 0.1) is 18.2 Å². The predicted molar refractivity (Wildman–Crippen MR) is 222 cm³/mol. The third-order valence-electron chi connectivity index (χ3n) is 13.0. The molecular weight excluding hydrogens is 759 g/mol. The number of aromatic nitrogens is 3. The van der Waals surface area contributed by atoms with Gasteiger partial charge in [-0.15, -0.1) is 6.42 Å². The number of rotatable bonds is 11. The zero-order valence-electron chi connectivity index (χ0n) is 34.1. The number of carbonyl (C=O) groups excluding carboxylic acids is 1. The molecule has 8 rings (SSSR count). The van der Waals surface area contributed by atoms with Gasteiger partial charge in [0.2, 0.25) is 5.91 Å². The number of nitrogens with zero attached hydrogens (tertiary/aromatic N) is 7. The predicted octanol–water partition coefficient (Wildman–Crippen LogP) is 4.70. The molecule has 5 atom stereocenters. The summed E-state index contributed by atoms with van der Waals surface area (Å²) >= 11 is 0. The van der Waals surface area contributed by atoms with Crippen molar-refractivity contribution in [1.29, 1.82) is 0 Å². The van der Waals surface area contributed by atoms with E-state index in [-0.39, 0.29) is 62.3 Å². The SMILES string of the molecule is C#Cc1c(F)ccc2c1N([C@@H]1COc3c(nc(OC[C@]4(C)C[C@@H](F)CN4c4ccc(N5CCOC[C@H]5C)nc4)nc3NCC3(N(C)C(=O)C=C)CCCC3)C1)C[C@H](O)C2. The number of carbonyl (C=O) groups is 1. The molecular formula is C44H54F2N8O5. The summed E-state index contributed by atoms with van der Waals surface area (Å²) in [5.74, 6) is 3.58. The smallest absolute Gasteiger partial charge is 0.318 e. The summed E-state index contributed by atoms with van der Waals surface area (Å²) in [4.78, 5) is 35.3. The van der Waals surface area contributed by atoms with Crippen LogP contribution >= 0.6 is 0 Å². The maximum Gasteiger partial charge on any atom is 0.318 e. The molecule has 15 heteroatoms. The first-order chi connectivity index (χ1) is 28.4. The van der Waals surface area contributed by atoms with Crippen LogP contribution in [0.4, 0.5) is 31.8 Å². The van der Waals surface area contributed by atoms with E-state index in [0.717, 1.165) is 49.3 Å². The van der Waals surface area contributed by atoms with Gasteiger partial charge in [0.05, 0.1) is 77.9 Å². The highest BCUT2D eigenvalue weighted by Gasteiger charge is 2.45. The molecule has 1 amide bonds. The van der Waals surface area contributed by atoms with Crippen LogP contribution < -0.4 is 29.5 Å². The van der Waals surface area contributed by atoms with Gasteiger partial charge in [0.15, 0.2) is 11.6 Å². The van der Waals surface area contributed by atoms with Crippen molar-refractivity contribution in [3.8, 4) is 24.1 Å². The lowest BCUT2D eigenvalue weighted by molar-refractivity contribution is -0.129. The zero-order valence-corrected chi connectivity index (χ0v) is 34.1. The number of hydrogen-bond donors (Lipinski definition) is 2. The number of terminal acetylenes is 1. The lowest BCUT2D eigenvalue weighted by Gasteiger charge is -2.42. The van der Waals surface area contributed by atoms with Crippen LogP contribution in [0.5, 0.6) is 11.8 Å². The summed E-state index contributed by atoms with van der Waals surface area (Å²) in [6.45, 7) is 10.9. The molecule has 6 heterocycles. The molecule has 13 nitrogen and oxygen atoms in total. The molecule has 3 aromatic rings. The number of morpholine rings is 1. The van der Waals surface area contributed by atoms with Gasteiger partial charge in [0.25, 0.3) is 0 Å². The van der Waals surface area contributed by atoms with E-state index in [9.17, 15) is 9.90 Å². The lowest BCUT2D eigenvalue weighted by Crippen LogP contribution is -2.52. The Bertz CT molecular complexity index is 2090. The zero-order chi connectivity index (χ0) is 41.5. The molecule has 4 aliphatic heterocycles. The van der Waals surface area contributed by atoms with Crippen molar-refractivity contribution in [3.63, 3.8) is 0 Å². The van der Waals surface area contributed by atoms with Crippen LogP contribution in [-0.2, 0) is 22.4 Å². The molecule has 1 aromatic carbocycles. The number of anilines is 4. The van der Waals surface area contributed by atoms with Gasteiger partial charge in [0.1, 0.15) is 31.0 Å². The Morgan fingerprint density at radius 2 is 2.00 bits per heavy atom. The minimum Gasteiger partial charge on any atom is -0.486 e. The molecule has 314 valence electrons. The molecule has 59 heavy (non-hydrogen) atoms. The summed E-state index contributed by atoms with van der Waals surface area (Å²) in [6.07, 6.45) is 11.7. The van der Waals surface area contributed by atoms with Gasteiger partial charge in [0, 0.05) is 45.9 Å². The number of aliphatic hydroxyl groups is 1. The van der Waals surface area contributed by atoms with Gasteiger partial charge in [-0.25, -0.2) is 13.8 Å². The van der Waals surface area contributed by atoms with Crippen LogP contribution in [-0.4, -0.2) is 126 Å². The number of fused-ring (bicyclic) bond motifs is 2. The van der Waals surface area contributed by atoms with Crippen molar-refractivity contribution in [1.82, 2.24) is 19.9 Å². The Morgan fingerprint density at radius 3 is 2.73 bits per heavy atom. The van der Waals surface area contributed by atoms with Gasteiger partial charge in [-0.05, 0) is 56.5 Å². The number of benzene rings is 1. The van der Waals surface area contributed by atoms with E-state index in [0.29, 0.717) is 55.5 Å². The molecule has 0 spiro atoms. The summed E-state index contributed by atoms with van der Waals surface area (Å²) in [7, 11) is 1.80. The average Bonchev–Trinajstić information content (AvgIpc) is 3.85. The minimum atomic E-state index is -1.09. The van der Waals surface area contributed by atoms with Crippen LogP contribution in [0.1, 0.15) is 62.8 Å². The fourth-order valence-electron chi connectivity index (χ4n) is 9.72. The van der Waals surface area contributed by atoms with Crippen molar-refractivity contribution < 1.29 is 32.9 Å². The van der Waals surface area contributed by atoms with E-state index in [1.165, 1.54) is 12.1 Å². The minimum absolute atomic E-state index is 0.0786. The number of alkyl halides is 1. The molecule has 2 saturated heterocycles. The van der Waals surface area contributed by atoms with Crippen LogP contribution in [0.3, 0.4) is 0 Å². The number of ether oxygens (including phenoxy) is 3. The van der Waals surface area contributed by atoms with Gasteiger partial charge < -0.3 is 44.2 Å². The first-order valence-corrected chi connectivity index (χ1v) is 20.7. The second kappa shape index (κ2) is 16.5. The number of aliphatic hydroxyl groups excluding tert-OH is 1. The number of hydrogen-bond acceptors (Lipinski definition) is 12. The molecule has 0 radical (unpaired) electrons. The summed E-state index contributed by atoms with van der Waals surface area (Å²) in [5.41, 5.74) is 1.60. The normalized spacial score (nSPS) is 26.0. The van der Waals surface area contributed by atoms with E-state index >= 15 is 8.78 Å². The number of amides is 1. The molecule has 1 aliphatic carbocycles. The third-order valence-corrected chi connectivity index (χ3v) is 13.0. The molecule has 2 N–H and O–H groups in total. The number of halogens is 2. The van der Waals surface area contributed by atoms with Crippen molar-refractivity contribution in [2.75, 3.05) is 79.7 Å². The Morgan fingerprint density at radius 1 is 1.19 bits per heavy atom. The summed E-state index contributed by atoms with van der Waals surface area (Å²) in [6, 6.07) is 6.90. The lowest BCUT2D eigenvalue weighted by atomic mass is 9.93. The van der Waals surface area contributed by atoms with E-state index in [4.69, 9.17) is 35.6 Å². The quantitative estimate of drug-likeness (QED) is 0.206. The Kier molecular flexibility index (Phi) is 11.3. The fraction of sp³-hybridized carbons (Fsp3) is 0.545. The molecule has 0 bridgehead atoms. The van der Waals surface area contributed by atoms with Crippen LogP contribution in [0.15, 0.2) is 43.1 Å². The maximum absolute atomic E-state index is 15.4. The summed E-state index contributed by atoms with van der Waals surface area (Å²) < 4.78 is 49.0. The third kappa shape index (κ3) is 7.84. The highest BCUT2D eigenvalue weighted by Crippen LogP contribution is 2.42. The van der Waals surface area contributed by atoms with Crippen LogP contribution in [0.2, 0.25) is 0 Å². The molecule has 2 aromatic heterocycles. The maximum atomic E-state index is 15.4. The monoisotopic (exact) mass is 812 g/mol. The number of nitrogens with one attached hydrogen (secondary N) is 1. The van der Waals surface area contributed by atoms with Gasteiger partial charge in [-0.3, -0.25) is 4.79 Å². The van der Waals surface area contributed by atoms with Crippen molar-refractivity contribution >= 4 is 28.9 Å². The topological polar surface area (TPSA) is 129 Å². The van der Waals surface area contributed by atoms with Crippen molar-refractivity contribution in [2.24, 2.45) is 0 Å². The first-order valence-electron chi connectivity index (χ1n) is 20.7. The second-order valence-electron chi connectivity index (χ2n) is 17.0. The number of pyridine rings is 1. The second-order valence-corrected chi connectivity index (χ2v) is 17.0. The van der Waals surface area contributed by atoms with Gasteiger partial charge in [-0.1, -0.05) is 31.4 Å². The molecule has 0 unspecified atom stereocenters. The molecule has 1 saturated carbocycles. The van der Waals surface area contributed by atoms with Crippen molar-refractivity contribution in [3.05, 3.63) is 65.8 Å². The Balaban J connectivity index is 1.09. The molecule has 5 aliphatic rings. The van der Waals surface area contributed by atoms with E-state index in [2.05, 4.69) is 29.6 Å². The van der Waals surface area contributed by atoms with E-state index in [1.807, 2.05) is 28.9 Å². The number of likely N-dealkylation sites (N-methyl/N-ethyl adjacent to an activating group) is 1. The first kappa shape index (κ1) is 40.6. The average molecular weight is 813 g/mol. The molecule has 3 fully saturated rings. The number of β-amino-alcohol motifs (C(OH)–C–C–N with tert-alkyl or cyclic N) is 1. The van der Waals surface area contributed by atoms with Crippen molar-refractivity contribution in [2.45, 2.75) is 94.2 Å².